The largest absolute Gasteiger partial charge is 0.358 e. The first kappa shape index (κ1) is 15.4. The number of hydrogen-bond donors (Lipinski definition) is 1. The maximum absolute atomic E-state index is 13.6. The van der Waals surface area contributed by atoms with E-state index in [-0.39, 0.29) is 11.9 Å². The molecule has 0 saturated heterocycles. The van der Waals surface area contributed by atoms with Crippen molar-refractivity contribution in [2.45, 2.75) is 46.2 Å². The first-order valence-corrected chi connectivity index (χ1v) is 8.19. The Labute approximate surface area is 125 Å². The molecule has 0 amide bonds. The van der Waals surface area contributed by atoms with Crippen molar-refractivity contribution in [3.63, 3.8) is 0 Å². The van der Waals surface area contributed by atoms with Crippen LogP contribution < -0.4 is 5.32 Å². The lowest BCUT2D eigenvalue weighted by molar-refractivity contribution is 0.482. The van der Waals surface area contributed by atoms with Crippen molar-refractivity contribution in [2.24, 2.45) is 10.9 Å². The number of aliphatic imine (C=N–C) groups is 1. The average Bonchev–Trinajstić information content (AvgIpc) is 2.42. The Morgan fingerprint density at radius 2 is 2.10 bits per heavy atom. The molecule has 1 aliphatic rings. The Kier molecular flexibility index (Phi) is 5.08. The molecular formula is C16H23FN2S. The normalized spacial score (nSPS) is 20.7. The summed E-state index contributed by atoms with van der Waals surface area (Å²) in [6, 6.07) is 5.89. The van der Waals surface area contributed by atoms with Crippen LogP contribution in [0.3, 0.4) is 0 Å². The van der Waals surface area contributed by atoms with Gasteiger partial charge in [0.15, 0.2) is 5.17 Å². The fourth-order valence-electron chi connectivity index (χ4n) is 2.24. The minimum atomic E-state index is -0.144. The second-order valence-electron chi connectivity index (χ2n) is 5.76. The van der Waals surface area contributed by atoms with Crippen molar-refractivity contribution < 1.29 is 4.39 Å². The van der Waals surface area contributed by atoms with Gasteiger partial charge in [-0.05, 0) is 43.4 Å². The van der Waals surface area contributed by atoms with Crippen LogP contribution in [-0.2, 0) is 0 Å². The second kappa shape index (κ2) is 6.61. The monoisotopic (exact) mass is 294 g/mol. The van der Waals surface area contributed by atoms with Crippen molar-refractivity contribution in [1.29, 1.82) is 0 Å². The Hall–Kier alpha value is -1.03. The summed E-state index contributed by atoms with van der Waals surface area (Å²) in [7, 11) is 0. The SMILES string of the molecule is Cc1ccc(C(C)NC2=NC(C(C)C)CCS2)cc1F. The fourth-order valence-corrected chi connectivity index (χ4v) is 3.26. The van der Waals surface area contributed by atoms with E-state index in [1.807, 2.05) is 19.1 Å². The zero-order valence-electron chi connectivity index (χ0n) is 12.6. The third-order valence-electron chi connectivity index (χ3n) is 3.74. The van der Waals surface area contributed by atoms with Crippen LogP contribution in [-0.4, -0.2) is 17.0 Å². The first-order valence-electron chi connectivity index (χ1n) is 7.20. The van der Waals surface area contributed by atoms with E-state index in [4.69, 9.17) is 4.99 Å². The van der Waals surface area contributed by atoms with Crippen LogP contribution in [0.15, 0.2) is 23.2 Å². The highest BCUT2D eigenvalue weighted by atomic mass is 32.2. The van der Waals surface area contributed by atoms with Crippen molar-refractivity contribution in [1.82, 2.24) is 5.32 Å². The molecular weight excluding hydrogens is 271 g/mol. The van der Waals surface area contributed by atoms with Crippen LogP contribution >= 0.6 is 11.8 Å². The van der Waals surface area contributed by atoms with E-state index >= 15 is 0 Å². The highest BCUT2D eigenvalue weighted by molar-refractivity contribution is 8.13. The van der Waals surface area contributed by atoms with E-state index in [0.717, 1.165) is 22.9 Å². The molecule has 1 heterocycles. The fraction of sp³-hybridized carbons (Fsp3) is 0.562. The summed E-state index contributed by atoms with van der Waals surface area (Å²) < 4.78 is 13.6. The van der Waals surface area contributed by atoms with Gasteiger partial charge in [-0.3, -0.25) is 4.99 Å². The predicted octanol–water partition coefficient (Wildman–Crippen LogP) is 4.30. The maximum Gasteiger partial charge on any atom is 0.157 e. The van der Waals surface area contributed by atoms with Crippen LogP contribution in [0.2, 0.25) is 0 Å². The van der Waals surface area contributed by atoms with Gasteiger partial charge in [-0.1, -0.05) is 37.7 Å². The molecule has 0 fully saturated rings. The van der Waals surface area contributed by atoms with Gasteiger partial charge in [0.25, 0.3) is 0 Å². The number of halogens is 1. The lowest BCUT2D eigenvalue weighted by Gasteiger charge is -2.25. The Bertz CT molecular complexity index is 499. The van der Waals surface area contributed by atoms with Gasteiger partial charge in [-0.25, -0.2) is 4.39 Å². The third kappa shape index (κ3) is 3.75. The molecule has 0 saturated carbocycles. The van der Waals surface area contributed by atoms with Crippen molar-refractivity contribution >= 4 is 16.9 Å². The Morgan fingerprint density at radius 3 is 2.75 bits per heavy atom. The molecule has 2 unspecified atom stereocenters. The van der Waals surface area contributed by atoms with E-state index in [9.17, 15) is 4.39 Å². The standard InChI is InChI=1S/C16H23FN2S/c1-10(2)15-7-8-20-16(19-15)18-12(4)13-6-5-11(3)14(17)9-13/h5-6,9-10,12,15H,7-8H2,1-4H3,(H,18,19). The number of aryl methyl sites for hydroxylation is 1. The summed E-state index contributed by atoms with van der Waals surface area (Å²) in [5.74, 6) is 1.53. The van der Waals surface area contributed by atoms with Crippen LogP contribution in [0.4, 0.5) is 4.39 Å². The minimum absolute atomic E-state index is 0.0715. The number of nitrogens with one attached hydrogen (secondary N) is 1. The number of nitrogens with zero attached hydrogens (tertiary/aromatic N) is 1. The Balaban J connectivity index is 2.07. The smallest absolute Gasteiger partial charge is 0.157 e. The predicted molar refractivity (Wildman–Crippen MR) is 85.8 cm³/mol. The molecule has 1 aromatic rings. The van der Waals surface area contributed by atoms with Gasteiger partial charge in [0.1, 0.15) is 5.82 Å². The van der Waals surface area contributed by atoms with E-state index in [0.29, 0.717) is 17.5 Å². The average molecular weight is 294 g/mol. The van der Waals surface area contributed by atoms with Gasteiger partial charge in [-0.2, -0.15) is 0 Å². The van der Waals surface area contributed by atoms with Crippen LogP contribution in [0.5, 0.6) is 0 Å². The van der Waals surface area contributed by atoms with Gasteiger partial charge >= 0.3 is 0 Å². The van der Waals surface area contributed by atoms with Crippen molar-refractivity contribution in [2.75, 3.05) is 5.75 Å². The molecule has 0 radical (unpaired) electrons. The Morgan fingerprint density at radius 1 is 1.35 bits per heavy atom. The summed E-state index contributed by atoms with van der Waals surface area (Å²) in [5, 5.41) is 4.40. The zero-order chi connectivity index (χ0) is 14.7. The molecule has 0 aromatic heterocycles. The van der Waals surface area contributed by atoms with Crippen molar-refractivity contribution in [3.8, 4) is 0 Å². The van der Waals surface area contributed by atoms with E-state index < -0.39 is 0 Å². The molecule has 1 aliphatic heterocycles. The van der Waals surface area contributed by atoms with Gasteiger partial charge in [0.2, 0.25) is 0 Å². The third-order valence-corrected chi connectivity index (χ3v) is 4.68. The van der Waals surface area contributed by atoms with E-state index in [2.05, 4.69) is 19.2 Å². The number of thioether (sulfide) groups is 1. The number of amidine groups is 1. The molecule has 2 rings (SSSR count). The molecule has 2 nitrogen and oxygen atoms in total. The molecule has 1 aromatic carbocycles. The van der Waals surface area contributed by atoms with Gasteiger partial charge in [-0.15, -0.1) is 0 Å². The molecule has 0 aliphatic carbocycles. The molecule has 110 valence electrons. The molecule has 2 atom stereocenters. The van der Waals surface area contributed by atoms with Gasteiger partial charge < -0.3 is 5.32 Å². The highest BCUT2D eigenvalue weighted by Gasteiger charge is 2.20. The summed E-state index contributed by atoms with van der Waals surface area (Å²) in [5.41, 5.74) is 1.65. The summed E-state index contributed by atoms with van der Waals surface area (Å²) >= 11 is 1.76. The summed E-state index contributed by atoms with van der Waals surface area (Å²) in [4.78, 5) is 4.76. The van der Waals surface area contributed by atoms with Crippen LogP contribution in [0, 0.1) is 18.7 Å². The van der Waals surface area contributed by atoms with E-state index in [1.165, 1.54) is 0 Å². The minimum Gasteiger partial charge on any atom is -0.358 e. The maximum atomic E-state index is 13.6. The number of hydrogen-bond acceptors (Lipinski definition) is 3. The molecule has 1 N–H and O–H groups in total. The summed E-state index contributed by atoms with van der Waals surface area (Å²) in [6.07, 6.45) is 1.14. The highest BCUT2D eigenvalue weighted by Crippen LogP contribution is 2.24. The molecule has 20 heavy (non-hydrogen) atoms. The van der Waals surface area contributed by atoms with E-state index in [1.54, 1.807) is 24.8 Å². The van der Waals surface area contributed by atoms with Crippen LogP contribution in [0.1, 0.15) is 44.4 Å². The van der Waals surface area contributed by atoms with Crippen molar-refractivity contribution in [3.05, 3.63) is 35.1 Å². The topological polar surface area (TPSA) is 24.4 Å². The number of rotatable bonds is 3. The molecule has 0 bridgehead atoms. The zero-order valence-corrected chi connectivity index (χ0v) is 13.4. The molecule has 0 spiro atoms. The first-order chi connectivity index (χ1) is 9.47. The quantitative estimate of drug-likeness (QED) is 0.898. The van der Waals surface area contributed by atoms with Gasteiger partial charge in [0, 0.05) is 5.75 Å². The number of benzene rings is 1. The van der Waals surface area contributed by atoms with Gasteiger partial charge in [0.05, 0.1) is 12.1 Å². The second-order valence-corrected chi connectivity index (χ2v) is 6.84. The van der Waals surface area contributed by atoms with Crippen LogP contribution in [0.25, 0.3) is 0 Å². The molecule has 4 heteroatoms. The summed E-state index contributed by atoms with van der Waals surface area (Å²) in [6.45, 7) is 8.25. The lowest BCUT2D eigenvalue weighted by Crippen LogP contribution is -2.30. The lowest BCUT2D eigenvalue weighted by atomic mass is 10.0.